The molecule has 1 nitrogen and oxygen atoms in total. The van der Waals surface area contributed by atoms with Gasteiger partial charge in [-0.2, -0.15) is 8.78 Å². The van der Waals surface area contributed by atoms with E-state index in [0.717, 1.165) is 12.1 Å². The van der Waals surface area contributed by atoms with Crippen molar-refractivity contribution in [2.75, 3.05) is 0 Å². The van der Waals surface area contributed by atoms with Gasteiger partial charge in [0, 0.05) is 6.42 Å². The van der Waals surface area contributed by atoms with E-state index < -0.39 is 41.7 Å². The SMILES string of the molecule is O=C(Cc1cccc(F)c1F)C(F)(F)C(F)F. The van der Waals surface area contributed by atoms with Crippen molar-refractivity contribution in [1.29, 1.82) is 0 Å². The summed E-state index contributed by atoms with van der Waals surface area (Å²) in [7, 11) is 0. The van der Waals surface area contributed by atoms with Crippen molar-refractivity contribution in [1.82, 2.24) is 0 Å². The minimum absolute atomic E-state index is 0.685. The smallest absolute Gasteiger partial charge is 0.292 e. The molecule has 1 aromatic rings. The van der Waals surface area contributed by atoms with Gasteiger partial charge in [-0.3, -0.25) is 4.79 Å². The Morgan fingerprint density at radius 3 is 2.35 bits per heavy atom. The minimum atomic E-state index is -4.86. The summed E-state index contributed by atoms with van der Waals surface area (Å²) in [5, 5.41) is 0. The average molecular weight is 256 g/mol. The monoisotopic (exact) mass is 256 g/mol. The molecule has 0 N–H and O–H groups in total. The van der Waals surface area contributed by atoms with Crippen LogP contribution in [-0.4, -0.2) is 18.1 Å². The number of alkyl halides is 4. The van der Waals surface area contributed by atoms with E-state index in [2.05, 4.69) is 0 Å². The fourth-order valence-corrected chi connectivity index (χ4v) is 1.10. The molecule has 0 aliphatic heterocycles. The quantitative estimate of drug-likeness (QED) is 0.757. The first kappa shape index (κ1) is 13.5. The van der Waals surface area contributed by atoms with Gasteiger partial charge in [0.1, 0.15) is 0 Å². The minimum Gasteiger partial charge on any atom is -0.292 e. The normalized spacial score (nSPS) is 11.9. The summed E-state index contributed by atoms with van der Waals surface area (Å²) in [6.07, 6.45) is -5.47. The Balaban J connectivity index is 2.93. The molecule has 7 heteroatoms. The Kier molecular flexibility index (Phi) is 3.79. The predicted molar refractivity (Wildman–Crippen MR) is 46.0 cm³/mol. The lowest BCUT2D eigenvalue weighted by atomic mass is 10.0. The molecule has 0 bridgehead atoms. The summed E-state index contributed by atoms with van der Waals surface area (Å²) in [6, 6.07) is 2.58. The van der Waals surface area contributed by atoms with Crippen molar-refractivity contribution in [3.05, 3.63) is 35.4 Å². The van der Waals surface area contributed by atoms with Crippen LogP contribution in [0.1, 0.15) is 5.56 Å². The molecule has 0 aromatic heterocycles. The fourth-order valence-electron chi connectivity index (χ4n) is 1.10. The van der Waals surface area contributed by atoms with E-state index in [-0.39, 0.29) is 0 Å². The van der Waals surface area contributed by atoms with Crippen LogP contribution in [-0.2, 0) is 11.2 Å². The first-order chi connectivity index (χ1) is 7.76. The Labute approximate surface area is 92.0 Å². The Morgan fingerprint density at radius 1 is 1.24 bits per heavy atom. The van der Waals surface area contributed by atoms with Gasteiger partial charge in [-0.05, 0) is 11.6 Å². The van der Waals surface area contributed by atoms with Crippen LogP contribution in [0.25, 0.3) is 0 Å². The number of halogens is 6. The highest BCUT2D eigenvalue weighted by Gasteiger charge is 2.48. The summed E-state index contributed by atoms with van der Waals surface area (Å²) in [4.78, 5) is 10.8. The lowest BCUT2D eigenvalue weighted by Gasteiger charge is -2.13. The molecule has 0 spiro atoms. The first-order valence-corrected chi connectivity index (χ1v) is 4.39. The largest absolute Gasteiger partial charge is 0.364 e. The second-order valence-electron chi connectivity index (χ2n) is 3.24. The number of rotatable bonds is 4. The summed E-state index contributed by atoms with van der Waals surface area (Å²) < 4.78 is 74.4. The molecular weight excluding hydrogens is 250 g/mol. The molecule has 1 rings (SSSR count). The number of hydrogen-bond donors (Lipinski definition) is 0. The molecule has 94 valence electrons. The van der Waals surface area contributed by atoms with Gasteiger partial charge in [0.05, 0.1) is 0 Å². The third-order valence-electron chi connectivity index (χ3n) is 2.03. The van der Waals surface area contributed by atoms with Gasteiger partial charge in [-0.25, -0.2) is 17.6 Å². The number of benzene rings is 1. The zero-order chi connectivity index (χ0) is 13.2. The molecule has 0 saturated carbocycles. The van der Waals surface area contributed by atoms with E-state index in [0.29, 0.717) is 6.07 Å². The maximum atomic E-state index is 13.0. The lowest BCUT2D eigenvalue weighted by Crippen LogP contribution is -2.37. The van der Waals surface area contributed by atoms with Gasteiger partial charge in [0.25, 0.3) is 0 Å². The highest BCUT2D eigenvalue weighted by molar-refractivity contribution is 5.88. The van der Waals surface area contributed by atoms with Gasteiger partial charge < -0.3 is 0 Å². The fraction of sp³-hybridized carbons (Fsp3) is 0.300. The van der Waals surface area contributed by atoms with Gasteiger partial charge in [-0.1, -0.05) is 12.1 Å². The maximum absolute atomic E-state index is 13.0. The molecule has 1 aromatic carbocycles. The molecule has 0 unspecified atom stereocenters. The number of carbonyl (C=O) groups excluding carboxylic acids is 1. The Bertz CT molecular complexity index is 429. The molecule has 0 atom stereocenters. The summed E-state index contributed by atoms with van der Waals surface area (Å²) in [6.45, 7) is 0. The summed E-state index contributed by atoms with van der Waals surface area (Å²) >= 11 is 0. The highest BCUT2D eigenvalue weighted by Crippen LogP contribution is 2.26. The maximum Gasteiger partial charge on any atom is 0.364 e. The average Bonchev–Trinajstić information content (AvgIpc) is 2.24. The van der Waals surface area contributed by atoms with E-state index in [1.54, 1.807) is 0 Å². The molecular formula is C10H6F6O. The van der Waals surface area contributed by atoms with Crippen LogP contribution in [0.2, 0.25) is 0 Å². The van der Waals surface area contributed by atoms with E-state index >= 15 is 0 Å². The molecule has 0 amide bonds. The van der Waals surface area contributed by atoms with Gasteiger partial charge in [0.15, 0.2) is 11.6 Å². The molecule has 17 heavy (non-hydrogen) atoms. The van der Waals surface area contributed by atoms with Crippen LogP contribution in [0, 0.1) is 11.6 Å². The van der Waals surface area contributed by atoms with Crippen LogP contribution < -0.4 is 0 Å². The van der Waals surface area contributed by atoms with E-state index in [1.165, 1.54) is 0 Å². The number of Topliss-reactive ketones (excluding diaryl/α,β-unsaturated/α-hetero) is 1. The van der Waals surface area contributed by atoms with Crippen LogP contribution in [0.3, 0.4) is 0 Å². The van der Waals surface area contributed by atoms with E-state index in [4.69, 9.17) is 0 Å². The van der Waals surface area contributed by atoms with E-state index in [1.807, 2.05) is 0 Å². The third kappa shape index (κ3) is 2.78. The molecule has 0 heterocycles. The van der Waals surface area contributed by atoms with Crippen LogP contribution in [0.5, 0.6) is 0 Å². The van der Waals surface area contributed by atoms with Crippen LogP contribution in [0.15, 0.2) is 18.2 Å². The third-order valence-corrected chi connectivity index (χ3v) is 2.03. The van der Waals surface area contributed by atoms with Crippen molar-refractivity contribution < 1.29 is 31.1 Å². The second kappa shape index (κ2) is 4.77. The van der Waals surface area contributed by atoms with Crippen molar-refractivity contribution in [2.24, 2.45) is 0 Å². The number of carbonyl (C=O) groups is 1. The van der Waals surface area contributed by atoms with Gasteiger partial charge >= 0.3 is 12.3 Å². The molecule has 0 aliphatic rings. The molecule has 0 radical (unpaired) electrons. The number of ketones is 1. The second-order valence-corrected chi connectivity index (χ2v) is 3.24. The van der Waals surface area contributed by atoms with Crippen molar-refractivity contribution in [2.45, 2.75) is 18.8 Å². The summed E-state index contributed by atoms with van der Waals surface area (Å²) in [5.41, 5.74) is -0.685. The Hall–Kier alpha value is -1.53. The number of hydrogen-bond acceptors (Lipinski definition) is 1. The Morgan fingerprint density at radius 2 is 1.82 bits per heavy atom. The van der Waals surface area contributed by atoms with Crippen LogP contribution >= 0.6 is 0 Å². The highest BCUT2D eigenvalue weighted by atomic mass is 19.3. The zero-order valence-electron chi connectivity index (χ0n) is 8.19. The molecule has 0 saturated heterocycles. The van der Waals surface area contributed by atoms with Gasteiger partial charge in [0.2, 0.25) is 5.78 Å². The lowest BCUT2D eigenvalue weighted by molar-refractivity contribution is -0.166. The molecule has 0 aliphatic carbocycles. The summed E-state index contributed by atoms with van der Waals surface area (Å²) in [5.74, 6) is -9.85. The van der Waals surface area contributed by atoms with Crippen molar-refractivity contribution in [3.63, 3.8) is 0 Å². The van der Waals surface area contributed by atoms with Gasteiger partial charge in [-0.15, -0.1) is 0 Å². The predicted octanol–water partition coefficient (Wildman–Crippen LogP) is 2.98. The van der Waals surface area contributed by atoms with E-state index in [9.17, 15) is 31.1 Å². The standard InChI is InChI=1S/C10H6F6O/c11-6-3-1-2-5(8(6)12)4-7(17)10(15,16)9(13)14/h1-3,9H,4H2. The van der Waals surface area contributed by atoms with Crippen molar-refractivity contribution in [3.8, 4) is 0 Å². The van der Waals surface area contributed by atoms with Crippen molar-refractivity contribution >= 4 is 5.78 Å². The topological polar surface area (TPSA) is 17.1 Å². The molecule has 0 fully saturated rings. The zero-order valence-corrected chi connectivity index (χ0v) is 8.19. The first-order valence-electron chi connectivity index (χ1n) is 4.39. The van der Waals surface area contributed by atoms with Crippen LogP contribution in [0.4, 0.5) is 26.3 Å².